The van der Waals surface area contributed by atoms with Crippen molar-refractivity contribution in [3.8, 4) is 0 Å². The van der Waals surface area contributed by atoms with Crippen LogP contribution in [0.15, 0.2) is 48.5 Å². The standard InChI is InChI=1S/C21H21FN2O4/c22-17-8-3-1-6-15(17)11-12-23-19(25)14-28-21(27)16-7-2-4-9-18(16)24-13-5-10-20(24)26/h1-4,6-9H,5,10-14H2,(H,23,25). The molecule has 1 aliphatic heterocycles. The van der Waals surface area contributed by atoms with Crippen LogP contribution in [0, 0.1) is 5.82 Å². The molecule has 0 saturated carbocycles. The van der Waals surface area contributed by atoms with Crippen molar-refractivity contribution >= 4 is 23.5 Å². The van der Waals surface area contributed by atoms with Gasteiger partial charge in [-0.05, 0) is 36.6 Å². The number of nitrogens with zero attached hydrogens (tertiary/aromatic N) is 1. The van der Waals surface area contributed by atoms with Gasteiger partial charge in [-0.2, -0.15) is 0 Å². The van der Waals surface area contributed by atoms with Crippen LogP contribution in [0.5, 0.6) is 0 Å². The summed E-state index contributed by atoms with van der Waals surface area (Å²) in [5, 5.41) is 2.59. The van der Waals surface area contributed by atoms with Crippen molar-refractivity contribution < 1.29 is 23.5 Å². The fraction of sp³-hybridized carbons (Fsp3) is 0.286. The first-order chi connectivity index (χ1) is 13.6. The van der Waals surface area contributed by atoms with Gasteiger partial charge in [0, 0.05) is 19.5 Å². The van der Waals surface area contributed by atoms with E-state index in [0.717, 1.165) is 6.42 Å². The number of esters is 1. The minimum Gasteiger partial charge on any atom is -0.452 e. The van der Waals surface area contributed by atoms with E-state index in [0.29, 0.717) is 30.6 Å². The second-order valence-electron chi connectivity index (χ2n) is 6.43. The maximum absolute atomic E-state index is 13.5. The second kappa shape index (κ2) is 9.12. The Balaban J connectivity index is 1.51. The molecule has 2 aromatic rings. The maximum Gasteiger partial charge on any atom is 0.340 e. The van der Waals surface area contributed by atoms with Crippen LogP contribution < -0.4 is 10.2 Å². The van der Waals surface area contributed by atoms with Crippen molar-refractivity contribution in [3.63, 3.8) is 0 Å². The predicted octanol–water partition coefficient (Wildman–Crippen LogP) is 2.47. The average molecular weight is 384 g/mol. The van der Waals surface area contributed by atoms with Gasteiger partial charge in [-0.1, -0.05) is 30.3 Å². The van der Waals surface area contributed by atoms with E-state index in [-0.39, 0.29) is 23.8 Å². The number of amides is 2. The van der Waals surface area contributed by atoms with E-state index < -0.39 is 18.5 Å². The summed E-state index contributed by atoms with van der Waals surface area (Å²) in [5.74, 6) is -1.50. The average Bonchev–Trinajstić information content (AvgIpc) is 3.13. The van der Waals surface area contributed by atoms with Crippen LogP contribution in [0.3, 0.4) is 0 Å². The molecule has 2 amide bonds. The fourth-order valence-electron chi connectivity index (χ4n) is 3.08. The highest BCUT2D eigenvalue weighted by Gasteiger charge is 2.26. The molecule has 1 N–H and O–H groups in total. The largest absolute Gasteiger partial charge is 0.452 e. The number of rotatable bonds is 7. The Morgan fingerprint density at radius 2 is 1.86 bits per heavy atom. The van der Waals surface area contributed by atoms with E-state index in [1.165, 1.54) is 6.07 Å². The molecule has 146 valence electrons. The number of carbonyl (C=O) groups is 3. The van der Waals surface area contributed by atoms with Gasteiger partial charge in [0.1, 0.15) is 5.82 Å². The Labute approximate surface area is 162 Å². The molecule has 6 nitrogen and oxygen atoms in total. The van der Waals surface area contributed by atoms with E-state index in [9.17, 15) is 18.8 Å². The summed E-state index contributed by atoms with van der Waals surface area (Å²) in [4.78, 5) is 37.8. The van der Waals surface area contributed by atoms with Crippen molar-refractivity contribution in [3.05, 3.63) is 65.5 Å². The number of benzene rings is 2. The summed E-state index contributed by atoms with van der Waals surface area (Å²) < 4.78 is 18.6. The van der Waals surface area contributed by atoms with Crippen molar-refractivity contribution in [1.29, 1.82) is 0 Å². The van der Waals surface area contributed by atoms with Gasteiger partial charge in [0.15, 0.2) is 6.61 Å². The van der Waals surface area contributed by atoms with Crippen LogP contribution in [0.4, 0.5) is 10.1 Å². The highest BCUT2D eigenvalue weighted by Crippen LogP contribution is 2.25. The van der Waals surface area contributed by atoms with Gasteiger partial charge in [0.25, 0.3) is 5.91 Å². The SMILES string of the molecule is O=C(COC(=O)c1ccccc1N1CCCC1=O)NCCc1ccccc1F. The van der Waals surface area contributed by atoms with Crippen LogP contribution in [0.2, 0.25) is 0 Å². The molecule has 0 radical (unpaired) electrons. The number of nitrogens with one attached hydrogen (secondary N) is 1. The van der Waals surface area contributed by atoms with Crippen LogP contribution >= 0.6 is 0 Å². The number of hydrogen-bond acceptors (Lipinski definition) is 4. The lowest BCUT2D eigenvalue weighted by Gasteiger charge is -2.18. The summed E-state index contributed by atoms with van der Waals surface area (Å²) in [6.07, 6.45) is 1.53. The molecule has 0 bridgehead atoms. The van der Waals surface area contributed by atoms with Crippen molar-refractivity contribution in [1.82, 2.24) is 5.32 Å². The van der Waals surface area contributed by atoms with Gasteiger partial charge in [0.05, 0.1) is 11.3 Å². The van der Waals surface area contributed by atoms with Crippen molar-refractivity contribution in [2.24, 2.45) is 0 Å². The lowest BCUT2D eigenvalue weighted by molar-refractivity contribution is -0.124. The number of ether oxygens (including phenoxy) is 1. The van der Waals surface area contributed by atoms with E-state index in [1.54, 1.807) is 47.4 Å². The van der Waals surface area contributed by atoms with Gasteiger partial charge in [0.2, 0.25) is 5.91 Å². The Morgan fingerprint density at radius 3 is 2.61 bits per heavy atom. The third-order valence-electron chi connectivity index (χ3n) is 4.50. The highest BCUT2D eigenvalue weighted by molar-refractivity contribution is 6.03. The summed E-state index contributed by atoms with van der Waals surface area (Å²) >= 11 is 0. The van der Waals surface area contributed by atoms with Crippen molar-refractivity contribution in [2.75, 3.05) is 24.6 Å². The van der Waals surface area contributed by atoms with Gasteiger partial charge >= 0.3 is 5.97 Å². The Kier molecular flexibility index (Phi) is 6.37. The summed E-state index contributed by atoms with van der Waals surface area (Å²) in [6.45, 7) is 0.341. The predicted molar refractivity (Wildman–Crippen MR) is 101 cm³/mol. The molecule has 0 aromatic heterocycles. The Hall–Kier alpha value is -3.22. The minimum absolute atomic E-state index is 0.0360. The first-order valence-electron chi connectivity index (χ1n) is 9.13. The molecule has 1 aliphatic rings. The van der Waals surface area contributed by atoms with E-state index >= 15 is 0 Å². The molecule has 2 aromatic carbocycles. The van der Waals surface area contributed by atoms with Gasteiger partial charge in [-0.3, -0.25) is 9.59 Å². The lowest BCUT2D eigenvalue weighted by Crippen LogP contribution is -2.31. The van der Waals surface area contributed by atoms with Crippen LogP contribution in [-0.2, 0) is 20.7 Å². The monoisotopic (exact) mass is 384 g/mol. The van der Waals surface area contributed by atoms with E-state index in [4.69, 9.17) is 4.74 Å². The third-order valence-corrected chi connectivity index (χ3v) is 4.50. The Bertz CT molecular complexity index is 884. The smallest absolute Gasteiger partial charge is 0.340 e. The molecule has 1 heterocycles. The zero-order valence-corrected chi connectivity index (χ0v) is 15.3. The molecule has 1 fully saturated rings. The van der Waals surface area contributed by atoms with Crippen LogP contribution in [-0.4, -0.2) is 37.5 Å². The molecule has 1 saturated heterocycles. The summed E-state index contributed by atoms with van der Waals surface area (Å²) in [6, 6.07) is 13.0. The zero-order valence-electron chi connectivity index (χ0n) is 15.3. The molecule has 28 heavy (non-hydrogen) atoms. The zero-order chi connectivity index (χ0) is 19.9. The molecule has 0 atom stereocenters. The normalized spacial score (nSPS) is 13.5. The quantitative estimate of drug-likeness (QED) is 0.744. The van der Waals surface area contributed by atoms with Crippen LogP contribution in [0.25, 0.3) is 0 Å². The number of para-hydroxylation sites is 1. The second-order valence-corrected chi connectivity index (χ2v) is 6.43. The molecular weight excluding hydrogens is 363 g/mol. The highest BCUT2D eigenvalue weighted by atomic mass is 19.1. The molecule has 0 unspecified atom stereocenters. The molecule has 7 heteroatoms. The third kappa shape index (κ3) is 4.73. The molecule has 0 spiro atoms. The minimum atomic E-state index is -0.667. The number of halogens is 1. The number of carbonyl (C=O) groups excluding carboxylic acids is 3. The molecular formula is C21H21FN2O4. The van der Waals surface area contributed by atoms with E-state index in [1.807, 2.05) is 0 Å². The molecule has 3 rings (SSSR count). The Morgan fingerprint density at radius 1 is 1.11 bits per heavy atom. The first kappa shape index (κ1) is 19.5. The van der Waals surface area contributed by atoms with E-state index in [2.05, 4.69) is 5.32 Å². The summed E-state index contributed by atoms with van der Waals surface area (Å²) in [7, 11) is 0. The maximum atomic E-state index is 13.5. The number of anilines is 1. The molecule has 0 aliphatic carbocycles. The van der Waals surface area contributed by atoms with Gasteiger partial charge in [-0.25, -0.2) is 9.18 Å². The fourth-order valence-corrected chi connectivity index (χ4v) is 3.08. The summed E-state index contributed by atoms with van der Waals surface area (Å²) in [5.41, 5.74) is 1.25. The van der Waals surface area contributed by atoms with Gasteiger partial charge < -0.3 is 15.0 Å². The number of hydrogen-bond donors (Lipinski definition) is 1. The van der Waals surface area contributed by atoms with Crippen molar-refractivity contribution in [2.45, 2.75) is 19.3 Å². The lowest BCUT2D eigenvalue weighted by atomic mass is 10.1. The first-order valence-corrected chi connectivity index (χ1v) is 9.13. The topological polar surface area (TPSA) is 75.7 Å². The van der Waals surface area contributed by atoms with Crippen LogP contribution in [0.1, 0.15) is 28.8 Å². The van der Waals surface area contributed by atoms with Gasteiger partial charge in [-0.15, -0.1) is 0 Å².